The van der Waals surface area contributed by atoms with E-state index >= 15 is 0 Å². The normalized spacial score (nSPS) is 15.8. The Hall–Kier alpha value is -3.06. The van der Waals surface area contributed by atoms with Crippen molar-refractivity contribution in [2.45, 2.75) is 13.0 Å². The summed E-state index contributed by atoms with van der Waals surface area (Å²) >= 11 is 0. The summed E-state index contributed by atoms with van der Waals surface area (Å²) in [6, 6.07) is 10.4. The van der Waals surface area contributed by atoms with Crippen molar-refractivity contribution in [1.82, 2.24) is 0 Å². The highest BCUT2D eigenvalue weighted by atomic mass is 16.7. The van der Waals surface area contributed by atoms with Crippen LogP contribution in [-0.4, -0.2) is 23.7 Å². The predicted octanol–water partition coefficient (Wildman–Crippen LogP) is 1.91. The molecule has 0 bridgehead atoms. The molecular weight excluding hydrogens is 312 g/mol. The second-order valence-electron chi connectivity index (χ2n) is 5.48. The van der Waals surface area contributed by atoms with Crippen LogP contribution in [0.1, 0.15) is 12.0 Å². The van der Waals surface area contributed by atoms with Crippen LogP contribution in [0.25, 0.3) is 0 Å². The first-order valence-electron chi connectivity index (χ1n) is 7.42. The standard InChI is InChI=1S/C17H14N2O5/c20-8-10-2-1-3-11(6-10)19-12-4-5-13-17(24-9-23-13)16(12)18-14(21)7-15(19)22/h1-6,20H,7-9H2,(H,18,21). The van der Waals surface area contributed by atoms with Gasteiger partial charge in [-0.2, -0.15) is 0 Å². The maximum absolute atomic E-state index is 12.6. The zero-order chi connectivity index (χ0) is 16.7. The number of benzene rings is 2. The van der Waals surface area contributed by atoms with E-state index in [9.17, 15) is 14.7 Å². The van der Waals surface area contributed by atoms with Gasteiger partial charge in [0.15, 0.2) is 11.5 Å². The maximum atomic E-state index is 12.6. The van der Waals surface area contributed by atoms with Gasteiger partial charge in [0.2, 0.25) is 18.6 Å². The van der Waals surface area contributed by atoms with Crippen molar-refractivity contribution in [2.75, 3.05) is 17.0 Å². The molecule has 2 aromatic rings. The van der Waals surface area contributed by atoms with Gasteiger partial charge in [0, 0.05) is 5.69 Å². The van der Waals surface area contributed by atoms with Gasteiger partial charge in [-0.3, -0.25) is 14.5 Å². The van der Waals surface area contributed by atoms with Crippen LogP contribution in [-0.2, 0) is 16.2 Å². The molecule has 2 aliphatic heterocycles. The summed E-state index contributed by atoms with van der Waals surface area (Å²) in [4.78, 5) is 26.1. The summed E-state index contributed by atoms with van der Waals surface area (Å²) in [6.45, 7) is -0.0728. The van der Waals surface area contributed by atoms with Gasteiger partial charge in [-0.15, -0.1) is 0 Å². The number of hydrogen-bond donors (Lipinski definition) is 2. The number of amides is 2. The number of ether oxygens (including phenoxy) is 2. The molecule has 7 heteroatoms. The van der Waals surface area contributed by atoms with Crippen LogP contribution < -0.4 is 19.7 Å². The smallest absolute Gasteiger partial charge is 0.241 e. The summed E-state index contributed by atoms with van der Waals surface area (Å²) in [5.74, 6) is 0.164. The SMILES string of the molecule is O=C1CC(=O)N(c2cccc(CO)c2)c2ccc3c(c2N1)OCO3. The molecule has 122 valence electrons. The highest BCUT2D eigenvalue weighted by Crippen LogP contribution is 2.47. The highest BCUT2D eigenvalue weighted by Gasteiger charge is 2.32. The number of fused-ring (bicyclic) bond motifs is 3. The van der Waals surface area contributed by atoms with Gasteiger partial charge in [0.05, 0.1) is 12.3 Å². The number of nitrogens with one attached hydrogen (secondary N) is 1. The third-order valence-corrected chi connectivity index (χ3v) is 3.94. The Labute approximate surface area is 137 Å². The molecule has 0 atom stereocenters. The average Bonchev–Trinajstić information content (AvgIpc) is 3.01. The van der Waals surface area contributed by atoms with Gasteiger partial charge in [-0.05, 0) is 29.8 Å². The molecule has 7 nitrogen and oxygen atoms in total. The molecule has 0 unspecified atom stereocenters. The van der Waals surface area contributed by atoms with Crippen LogP contribution in [0.2, 0.25) is 0 Å². The molecule has 2 aromatic carbocycles. The van der Waals surface area contributed by atoms with E-state index in [1.807, 2.05) is 0 Å². The third-order valence-electron chi connectivity index (χ3n) is 3.94. The number of aliphatic hydroxyl groups is 1. The lowest BCUT2D eigenvalue weighted by Crippen LogP contribution is -2.26. The van der Waals surface area contributed by atoms with Crippen LogP contribution in [0, 0.1) is 0 Å². The molecule has 0 aliphatic carbocycles. The Bertz CT molecular complexity index is 849. The zero-order valence-electron chi connectivity index (χ0n) is 12.6. The lowest BCUT2D eigenvalue weighted by molar-refractivity contribution is -0.124. The predicted molar refractivity (Wildman–Crippen MR) is 85.3 cm³/mol. The van der Waals surface area contributed by atoms with Crippen molar-refractivity contribution in [1.29, 1.82) is 0 Å². The molecule has 24 heavy (non-hydrogen) atoms. The maximum Gasteiger partial charge on any atom is 0.241 e. The lowest BCUT2D eigenvalue weighted by atomic mass is 10.1. The van der Waals surface area contributed by atoms with E-state index in [0.29, 0.717) is 34.1 Å². The molecule has 2 amide bonds. The fourth-order valence-corrected chi connectivity index (χ4v) is 2.88. The van der Waals surface area contributed by atoms with Crippen LogP contribution in [0.5, 0.6) is 11.5 Å². The van der Waals surface area contributed by atoms with Crippen molar-refractivity contribution in [3.05, 3.63) is 42.0 Å². The molecule has 2 aliphatic rings. The number of anilines is 3. The Morgan fingerprint density at radius 2 is 2.04 bits per heavy atom. The Morgan fingerprint density at radius 3 is 2.88 bits per heavy atom. The Morgan fingerprint density at radius 1 is 1.17 bits per heavy atom. The Kier molecular flexibility index (Phi) is 3.35. The molecule has 2 N–H and O–H groups in total. The molecule has 2 heterocycles. The molecule has 0 aromatic heterocycles. The molecule has 0 fully saturated rings. The van der Waals surface area contributed by atoms with Gasteiger partial charge in [0.25, 0.3) is 0 Å². The van der Waals surface area contributed by atoms with Gasteiger partial charge in [0.1, 0.15) is 12.1 Å². The average molecular weight is 326 g/mol. The highest BCUT2D eigenvalue weighted by molar-refractivity contribution is 6.18. The van der Waals surface area contributed by atoms with Crippen molar-refractivity contribution in [3.8, 4) is 11.5 Å². The first-order valence-corrected chi connectivity index (χ1v) is 7.42. The quantitative estimate of drug-likeness (QED) is 0.823. The number of carbonyl (C=O) groups is 2. The summed E-state index contributed by atoms with van der Waals surface area (Å²) in [5.41, 5.74) is 2.16. The van der Waals surface area contributed by atoms with E-state index < -0.39 is 5.91 Å². The van der Waals surface area contributed by atoms with E-state index in [-0.39, 0.29) is 25.7 Å². The largest absolute Gasteiger partial charge is 0.454 e. The van der Waals surface area contributed by atoms with Crippen LogP contribution >= 0.6 is 0 Å². The summed E-state index contributed by atoms with van der Waals surface area (Å²) in [7, 11) is 0. The minimum Gasteiger partial charge on any atom is -0.454 e. The van der Waals surface area contributed by atoms with Crippen molar-refractivity contribution < 1.29 is 24.2 Å². The lowest BCUT2D eigenvalue weighted by Gasteiger charge is -2.23. The fraction of sp³-hybridized carbons (Fsp3) is 0.176. The number of rotatable bonds is 2. The van der Waals surface area contributed by atoms with Crippen molar-refractivity contribution >= 4 is 28.9 Å². The fourth-order valence-electron chi connectivity index (χ4n) is 2.88. The topological polar surface area (TPSA) is 88.1 Å². The van der Waals surface area contributed by atoms with Gasteiger partial charge >= 0.3 is 0 Å². The molecule has 4 rings (SSSR count). The van der Waals surface area contributed by atoms with Gasteiger partial charge in [-0.25, -0.2) is 0 Å². The summed E-state index contributed by atoms with van der Waals surface area (Å²) in [6.07, 6.45) is -0.284. The van der Waals surface area contributed by atoms with E-state index in [4.69, 9.17) is 9.47 Å². The van der Waals surface area contributed by atoms with E-state index in [1.165, 1.54) is 4.90 Å². The minimum atomic E-state index is -0.411. The molecule has 0 saturated carbocycles. The third kappa shape index (κ3) is 2.26. The first kappa shape index (κ1) is 14.5. The van der Waals surface area contributed by atoms with Crippen LogP contribution in [0.4, 0.5) is 17.1 Å². The zero-order valence-corrected chi connectivity index (χ0v) is 12.6. The van der Waals surface area contributed by atoms with E-state index in [0.717, 1.165) is 0 Å². The van der Waals surface area contributed by atoms with Crippen molar-refractivity contribution in [3.63, 3.8) is 0 Å². The molecule has 0 saturated heterocycles. The molecule has 0 radical (unpaired) electrons. The number of aliphatic hydroxyl groups excluding tert-OH is 1. The number of nitrogens with zero attached hydrogens (tertiary/aromatic N) is 1. The number of carbonyl (C=O) groups excluding carboxylic acids is 2. The van der Waals surface area contributed by atoms with E-state index in [1.54, 1.807) is 36.4 Å². The van der Waals surface area contributed by atoms with Gasteiger partial charge in [-0.1, -0.05) is 12.1 Å². The van der Waals surface area contributed by atoms with Crippen LogP contribution in [0.3, 0.4) is 0 Å². The summed E-state index contributed by atoms with van der Waals surface area (Å²) in [5, 5.41) is 12.1. The van der Waals surface area contributed by atoms with E-state index in [2.05, 4.69) is 5.32 Å². The monoisotopic (exact) mass is 326 g/mol. The minimum absolute atomic E-state index is 0.0651. The molecule has 0 spiro atoms. The van der Waals surface area contributed by atoms with Crippen LogP contribution in [0.15, 0.2) is 36.4 Å². The second-order valence-corrected chi connectivity index (χ2v) is 5.48. The number of hydrogen-bond acceptors (Lipinski definition) is 5. The summed E-state index contributed by atoms with van der Waals surface area (Å²) < 4.78 is 10.8. The second kappa shape index (κ2) is 5.54. The van der Waals surface area contributed by atoms with Gasteiger partial charge < -0.3 is 19.9 Å². The first-order chi connectivity index (χ1) is 11.7. The Balaban J connectivity index is 1.91. The van der Waals surface area contributed by atoms with Crippen molar-refractivity contribution in [2.24, 2.45) is 0 Å². The molecular formula is C17H14N2O5.